The summed E-state index contributed by atoms with van der Waals surface area (Å²) in [6.07, 6.45) is 0. The molecule has 2 aromatic carbocycles. The predicted molar refractivity (Wildman–Crippen MR) is 98.9 cm³/mol. The van der Waals surface area contributed by atoms with Gasteiger partial charge in [0.15, 0.2) is 0 Å². The number of nitrogens with one attached hydrogen (secondary N) is 1. The number of benzene rings is 2. The van der Waals surface area contributed by atoms with Crippen LogP contribution < -0.4 is 19.7 Å². The van der Waals surface area contributed by atoms with Gasteiger partial charge in [-0.25, -0.2) is 9.18 Å². The first-order valence-corrected chi connectivity index (χ1v) is 8.35. The summed E-state index contributed by atoms with van der Waals surface area (Å²) in [5, 5.41) is 2.74. The van der Waals surface area contributed by atoms with Gasteiger partial charge in [-0.05, 0) is 36.4 Å². The standard InChI is InChI=1S/C19H20FN3O4/c1-26-15-7-8-17(27-2)16(11-15)21-18(24)12-22-9-10-23(19(22)25)14-5-3-13(20)4-6-14/h3-8,11H,9-10,12H2,1-2H3,(H,21,24). The van der Waals surface area contributed by atoms with Gasteiger partial charge in [-0.2, -0.15) is 0 Å². The van der Waals surface area contributed by atoms with E-state index in [1.807, 2.05) is 0 Å². The van der Waals surface area contributed by atoms with E-state index in [0.29, 0.717) is 36.0 Å². The average molecular weight is 373 g/mol. The molecule has 0 radical (unpaired) electrons. The molecule has 0 unspecified atom stereocenters. The van der Waals surface area contributed by atoms with Gasteiger partial charge in [0, 0.05) is 24.8 Å². The summed E-state index contributed by atoms with van der Waals surface area (Å²) in [5.74, 6) is 0.348. The van der Waals surface area contributed by atoms with Crippen LogP contribution in [0.15, 0.2) is 42.5 Å². The van der Waals surface area contributed by atoms with Crippen LogP contribution in [-0.4, -0.2) is 50.7 Å². The number of rotatable bonds is 6. The molecule has 1 aliphatic rings. The highest BCUT2D eigenvalue weighted by Crippen LogP contribution is 2.29. The van der Waals surface area contributed by atoms with Gasteiger partial charge in [-0.3, -0.25) is 9.69 Å². The van der Waals surface area contributed by atoms with Crippen molar-refractivity contribution < 1.29 is 23.5 Å². The molecule has 2 aromatic rings. The Labute approximate surface area is 156 Å². The van der Waals surface area contributed by atoms with Gasteiger partial charge in [-0.15, -0.1) is 0 Å². The monoisotopic (exact) mass is 373 g/mol. The number of hydrogen-bond acceptors (Lipinski definition) is 4. The lowest BCUT2D eigenvalue weighted by Gasteiger charge is -2.19. The van der Waals surface area contributed by atoms with E-state index in [9.17, 15) is 14.0 Å². The Morgan fingerprint density at radius 2 is 1.85 bits per heavy atom. The summed E-state index contributed by atoms with van der Waals surface area (Å²) in [6.45, 7) is 0.732. The largest absolute Gasteiger partial charge is 0.497 e. The summed E-state index contributed by atoms with van der Waals surface area (Å²) in [4.78, 5) is 27.9. The zero-order valence-corrected chi connectivity index (χ0v) is 15.1. The van der Waals surface area contributed by atoms with Crippen LogP contribution in [0, 0.1) is 5.82 Å². The maximum Gasteiger partial charge on any atom is 0.325 e. The van der Waals surface area contributed by atoms with E-state index in [-0.39, 0.29) is 24.3 Å². The van der Waals surface area contributed by atoms with E-state index in [1.54, 1.807) is 18.2 Å². The van der Waals surface area contributed by atoms with Crippen LogP contribution in [0.4, 0.5) is 20.6 Å². The second kappa shape index (κ2) is 7.94. The van der Waals surface area contributed by atoms with Crippen LogP contribution in [0.5, 0.6) is 11.5 Å². The fraction of sp³-hybridized carbons (Fsp3) is 0.263. The molecule has 0 aromatic heterocycles. The topological polar surface area (TPSA) is 71.1 Å². The Bertz CT molecular complexity index is 841. The van der Waals surface area contributed by atoms with Crippen molar-refractivity contribution in [3.05, 3.63) is 48.3 Å². The summed E-state index contributed by atoms with van der Waals surface area (Å²) >= 11 is 0. The van der Waals surface area contributed by atoms with E-state index < -0.39 is 0 Å². The Kier molecular flexibility index (Phi) is 5.44. The number of halogens is 1. The number of carbonyl (C=O) groups excluding carboxylic acids is 2. The molecular weight excluding hydrogens is 353 g/mol. The summed E-state index contributed by atoms with van der Waals surface area (Å²) in [5.41, 5.74) is 1.06. The van der Waals surface area contributed by atoms with Crippen molar-refractivity contribution >= 4 is 23.3 Å². The number of anilines is 2. The van der Waals surface area contributed by atoms with Crippen molar-refractivity contribution in [3.63, 3.8) is 0 Å². The molecule has 142 valence electrons. The zero-order chi connectivity index (χ0) is 19.4. The SMILES string of the molecule is COc1ccc(OC)c(NC(=O)CN2CCN(c3ccc(F)cc3)C2=O)c1. The molecule has 0 saturated carbocycles. The van der Waals surface area contributed by atoms with Crippen molar-refractivity contribution in [3.8, 4) is 11.5 Å². The molecule has 27 heavy (non-hydrogen) atoms. The normalized spacial score (nSPS) is 13.7. The molecular formula is C19H20FN3O4. The van der Waals surface area contributed by atoms with Gasteiger partial charge >= 0.3 is 6.03 Å². The third-order valence-electron chi connectivity index (χ3n) is 4.25. The average Bonchev–Trinajstić information content (AvgIpc) is 3.02. The third-order valence-corrected chi connectivity index (χ3v) is 4.25. The second-order valence-electron chi connectivity index (χ2n) is 5.95. The summed E-state index contributed by atoms with van der Waals surface area (Å²) in [7, 11) is 3.03. The number of amides is 3. The van der Waals surface area contributed by atoms with E-state index in [2.05, 4.69) is 5.32 Å². The fourth-order valence-electron chi connectivity index (χ4n) is 2.86. The molecule has 1 heterocycles. The first kappa shape index (κ1) is 18.5. The molecule has 1 fully saturated rings. The van der Waals surface area contributed by atoms with E-state index in [0.717, 1.165) is 0 Å². The lowest BCUT2D eigenvalue weighted by atomic mass is 10.2. The molecule has 1 saturated heterocycles. The highest BCUT2D eigenvalue weighted by molar-refractivity contribution is 6.00. The molecule has 1 N–H and O–H groups in total. The molecule has 0 aliphatic carbocycles. The molecule has 3 amide bonds. The second-order valence-corrected chi connectivity index (χ2v) is 5.95. The maximum absolute atomic E-state index is 13.1. The van der Waals surface area contributed by atoms with Crippen LogP contribution in [-0.2, 0) is 4.79 Å². The Hall–Kier alpha value is -3.29. The van der Waals surface area contributed by atoms with Crippen molar-refractivity contribution in [2.24, 2.45) is 0 Å². The number of nitrogens with zero attached hydrogens (tertiary/aromatic N) is 2. The van der Waals surface area contributed by atoms with Gasteiger partial charge in [0.05, 0.1) is 19.9 Å². The van der Waals surface area contributed by atoms with E-state index in [4.69, 9.17) is 9.47 Å². The van der Waals surface area contributed by atoms with Crippen molar-refractivity contribution in [1.29, 1.82) is 0 Å². The van der Waals surface area contributed by atoms with Crippen molar-refractivity contribution in [2.75, 3.05) is 44.1 Å². The summed E-state index contributed by atoms with van der Waals surface area (Å²) < 4.78 is 23.4. The van der Waals surface area contributed by atoms with Crippen LogP contribution in [0.3, 0.4) is 0 Å². The van der Waals surface area contributed by atoms with Gasteiger partial charge in [0.2, 0.25) is 5.91 Å². The highest BCUT2D eigenvalue weighted by atomic mass is 19.1. The minimum atomic E-state index is -0.367. The van der Waals surface area contributed by atoms with Crippen molar-refractivity contribution in [1.82, 2.24) is 4.90 Å². The lowest BCUT2D eigenvalue weighted by molar-refractivity contribution is -0.116. The first-order chi connectivity index (χ1) is 13.0. The molecule has 3 rings (SSSR count). The van der Waals surface area contributed by atoms with Gasteiger partial charge in [0.1, 0.15) is 23.9 Å². The Morgan fingerprint density at radius 1 is 1.11 bits per heavy atom. The zero-order valence-electron chi connectivity index (χ0n) is 15.1. The van der Waals surface area contributed by atoms with E-state index in [1.165, 1.54) is 48.3 Å². The molecule has 0 bridgehead atoms. The number of hydrogen-bond donors (Lipinski definition) is 1. The highest BCUT2D eigenvalue weighted by Gasteiger charge is 2.31. The van der Waals surface area contributed by atoms with E-state index >= 15 is 0 Å². The van der Waals surface area contributed by atoms with Crippen LogP contribution in [0.1, 0.15) is 0 Å². The van der Waals surface area contributed by atoms with Gasteiger partial charge in [0.25, 0.3) is 0 Å². The van der Waals surface area contributed by atoms with Crippen molar-refractivity contribution in [2.45, 2.75) is 0 Å². The number of carbonyl (C=O) groups is 2. The summed E-state index contributed by atoms with van der Waals surface area (Å²) in [6, 6.07) is 10.4. The number of ether oxygens (including phenoxy) is 2. The fourth-order valence-corrected chi connectivity index (χ4v) is 2.86. The predicted octanol–water partition coefficient (Wildman–Crippen LogP) is 2.72. The minimum Gasteiger partial charge on any atom is -0.497 e. The van der Waals surface area contributed by atoms with Crippen LogP contribution in [0.25, 0.3) is 0 Å². The molecule has 0 spiro atoms. The van der Waals surface area contributed by atoms with Gasteiger partial charge in [-0.1, -0.05) is 0 Å². The quantitative estimate of drug-likeness (QED) is 0.845. The number of methoxy groups -OCH3 is 2. The molecule has 8 heteroatoms. The van der Waals surface area contributed by atoms with Crippen LogP contribution in [0.2, 0.25) is 0 Å². The smallest absolute Gasteiger partial charge is 0.325 e. The minimum absolute atomic E-state index is 0.100. The first-order valence-electron chi connectivity index (χ1n) is 8.35. The molecule has 7 nitrogen and oxygen atoms in total. The molecule has 1 aliphatic heterocycles. The Morgan fingerprint density at radius 3 is 2.52 bits per heavy atom. The lowest BCUT2D eigenvalue weighted by Crippen LogP contribution is -2.37. The molecule has 0 atom stereocenters. The third kappa shape index (κ3) is 4.11. The van der Waals surface area contributed by atoms with Gasteiger partial charge < -0.3 is 19.7 Å². The number of urea groups is 1. The maximum atomic E-state index is 13.1. The Balaban J connectivity index is 1.65. The van der Waals surface area contributed by atoms with Crippen LogP contribution >= 0.6 is 0 Å².